The van der Waals surface area contributed by atoms with Gasteiger partial charge in [-0.2, -0.15) is 0 Å². The quantitative estimate of drug-likeness (QED) is 0.451. The van der Waals surface area contributed by atoms with Crippen LogP contribution in [0, 0.1) is 0 Å². The van der Waals surface area contributed by atoms with Crippen LogP contribution in [0.3, 0.4) is 0 Å². The van der Waals surface area contributed by atoms with Crippen molar-refractivity contribution >= 4 is 17.0 Å². The van der Waals surface area contributed by atoms with E-state index >= 15 is 0 Å². The van der Waals surface area contributed by atoms with Crippen LogP contribution in [0.5, 0.6) is 5.75 Å². The Balaban J connectivity index is 3.04. The van der Waals surface area contributed by atoms with Crippen molar-refractivity contribution in [1.82, 2.24) is 0 Å². The third kappa shape index (κ3) is 1.76. The molecule has 1 aromatic carbocycles. The molecule has 0 heterocycles. The Morgan fingerprint density at radius 3 is 2.70 bits per heavy atom. The van der Waals surface area contributed by atoms with Gasteiger partial charge in [0, 0.05) is 0 Å². The molecule has 1 rings (SSSR count). The van der Waals surface area contributed by atoms with Gasteiger partial charge in [0.1, 0.15) is 0 Å². The number of nitrogens with two attached hydrogens (primary N) is 1. The monoisotopic (exact) mass is 345 g/mol. The molecular formula is C6H6ClHgNO. The average Bonchev–Trinajstić information content (AvgIpc) is 1.95. The number of hydrogen-bond acceptors (Lipinski definition) is 2. The molecule has 50 valence electrons. The Morgan fingerprint density at radius 2 is 2.20 bits per heavy atom. The van der Waals surface area contributed by atoms with Crippen LogP contribution < -0.4 is 8.81 Å². The molecule has 0 aliphatic rings. The summed E-state index contributed by atoms with van der Waals surface area (Å²) in [5.41, 5.74) is 5.85. The predicted octanol–water partition coefficient (Wildman–Crippen LogP) is 0.836. The van der Waals surface area contributed by atoms with Gasteiger partial charge in [0.05, 0.1) is 0 Å². The Morgan fingerprint density at radius 1 is 1.50 bits per heavy atom. The molecule has 0 spiro atoms. The van der Waals surface area contributed by atoms with E-state index in [4.69, 9.17) is 19.1 Å². The molecule has 1 aromatic rings. The molecule has 0 fully saturated rings. The summed E-state index contributed by atoms with van der Waals surface area (Å²) in [5.74, 6) is 0.141. The molecule has 0 aromatic heterocycles. The number of phenolic OH excluding ortho intramolecular Hbond substituents is 1. The van der Waals surface area contributed by atoms with E-state index in [1.54, 1.807) is 12.1 Å². The van der Waals surface area contributed by atoms with Crippen molar-refractivity contribution in [3.63, 3.8) is 0 Å². The van der Waals surface area contributed by atoms with Crippen LogP contribution in [-0.4, -0.2) is 5.11 Å². The van der Waals surface area contributed by atoms with E-state index < -0.39 is 23.3 Å². The van der Waals surface area contributed by atoms with Crippen LogP contribution in [0.15, 0.2) is 18.2 Å². The maximum absolute atomic E-state index is 9.00. The van der Waals surface area contributed by atoms with Crippen molar-refractivity contribution in [2.45, 2.75) is 0 Å². The summed E-state index contributed by atoms with van der Waals surface area (Å²) in [5, 5.41) is 9.00. The first-order valence-corrected chi connectivity index (χ1v) is 12.4. The fraction of sp³-hybridized carbons (Fsp3) is 0. The van der Waals surface area contributed by atoms with E-state index in [0.29, 0.717) is 5.69 Å². The molecule has 0 amide bonds. The van der Waals surface area contributed by atoms with E-state index in [1.807, 2.05) is 6.07 Å². The fourth-order valence-electron chi connectivity index (χ4n) is 0.687. The van der Waals surface area contributed by atoms with Gasteiger partial charge in [-0.25, -0.2) is 0 Å². The molecule has 0 atom stereocenters. The first-order chi connectivity index (χ1) is 4.74. The average molecular weight is 344 g/mol. The van der Waals surface area contributed by atoms with Gasteiger partial charge >= 0.3 is 75.1 Å². The predicted molar refractivity (Wildman–Crippen MR) is 38.0 cm³/mol. The van der Waals surface area contributed by atoms with Gasteiger partial charge in [-0.15, -0.1) is 0 Å². The molecule has 3 N–H and O–H groups in total. The number of benzene rings is 1. The van der Waals surface area contributed by atoms with Gasteiger partial charge in [-0.05, 0) is 0 Å². The fourth-order valence-corrected chi connectivity index (χ4v) is 4.11. The van der Waals surface area contributed by atoms with Crippen molar-refractivity contribution < 1.29 is 28.4 Å². The van der Waals surface area contributed by atoms with Crippen LogP contribution in [0.4, 0.5) is 5.69 Å². The van der Waals surface area contributed by atoms with E-state index in [-0.39, 0.29) is 5.75 Å². The van der Waals surface area contributed by atoms with E-state index in [0.717, 1.165) is 3.07 Å². The topological polar surface area (TPSA) is 46.2 Å². The molecular weight excluding hydrogens is 338 g/mol. The molecule has 0 aliphatic carbocycles. The molecule has 4 heteroatoms. The summed E-state index contributed by atoms with van der Waals surface area (Å²) in [6, 6.07) is 5.18. The summed E-state index contributed by atoms with van der Waals surface area (Å²) in [4.78, 5) is 0. The zero-order valence-corrected chi connectivity index (χ0v) is 11.6. The van der Waals surface area contributed by atoms with Crippen LogP contribution in [0.2, 0.25) is 0 Å². The van der Waals surface area contributed by atoms with Gasteiger partial charge in [-0.3, -0.25) is 0 Å². The number of anilines is 1. The zero-order chi connectivity index (χ0) is 7.56. The second kappa shape index (κ2) is 3.44. The van der Waals surface area contributed by atoms with Crippen molar-refractivity contribution in [3.05, 3.63) is 18.2 Å². The SMILES string of the molecule is Nc1c[c]([Hg][Cl])ccc1O. The molecule has 0 saturated heterocycles. The molecule has 0 aliphatic heterocycles. The Kier molecular flexibility index (Phi) is 2.80. The molecule has 0 radical (unpaired) electrons. The van der Waals surface area contributed by atoms with Crippen LogP contribution in [-0.2, 0) is 23.3 Å². The summed E-state index contributed by atoms with van der Waals surface area (Å²) < 4.78 is 1.14. The summed E-state index contributed by atoms with van der Waals surface area (Å²) in [7, 11) is 5.74. The Bertz CT molecular complexity index is 241. The third-order valence-electron chi connectivity index (χ3n) is 1.25. The van der Waals surface area contributed by atoms with E-state index in [1.165, 1.54) is 0 Å². The zero-order valence-electron chi connectivity index (χ0n) is 5.34. The van der Waals surface area contributed by atoms with Crippen molar-refractivity contribution in [1.29, 1.82) is 0 Å². The molecule has 10 heavy (non-hydrogen) atoms. The molecule has 0 unspecified atom stereocenters. The second-order valence-corrected chi connectivity index (χ2v) is 8.59. The van der Waals surface area contributed by atoms with Crippen LogP contribution in [0.25, 0.3) is 0 Å². The number of rotatable bonds is 1. The first kappa shape index (κ1) is 8.14. The number of nitrogen functional groups attached to an aromatic ring is 1. The van der Waals surface area contributed by atoms with Gasteiger partial charge in [-0.1, -0.05) is 0 Å². The molecule has 0 saturated carbocycles. The van der Waals surface area contributed by atoms with E-state index in [2.05, 4.69) is 0 Å². The summed E-state index contributed by atoms with van der Waals surface area (Å²) >= 11 is -1.32. The standard InChI is InChI=1S/C6H6NO.ClH.Hg/c7-5-3-1-2-4-6(5)8;;/h2-4,8H,7H2;1H;/q;;+1/p-1. The maximum atomic E-state index is 9.00. The number of phenols is 1. The normalized spacial score (nSPS) is 8.90. The summed E-state index contributed by atoms with van der Waals surface area (Å²) in [6.07, 6.45) is 0. The van der Waals surface area contributed by atoms with Gasteiger partial charge in [0.2, 0.25) is 0 Å². The second-order valence-electron chi connectivity index (χ2n) is 2.03. The van der Waals surface area contributed by atoms with Crippen molar-refractivity contribution in [3.8, 4) is 5.75 Å². The number of aromatic hydroxyl groups is 1. The van der Waals surface area contributed by atoms with Gasteiger partial charge < -0.3 is 0 Å². The first-order valence-electron chi connectivity index (χ1n) is 2.87. The minimum absolute atomic E-state index is 0.141. The van der Waals surface area contributed by atoms with Gasteiger partial charge in [0.15, 0.2) is 0 Å². The Hall–Kier alpha value is 0.0451. The minimum atomic E-state index is -1.32. The third-order valence-corrected chi connectivity index (χ3v) is 6.86. The summed E-state index contributed by atoms with van der Waals surface area (Å²) in [6.45, 7) is 0. The van der Waals surface area contributed by atoms with Gasteiger partial charge in [0.25, 0.3) is 0 Å². The van der Waals surface area contributed by atoms with Crippen molar-refractivity contribution in [2.24, 2.45) is 0 Å². The Labute approximate surface area is 74.9 Å². The van der Waals surface area contributed by atoms with Crippen LogP contribution >= 0.6 is 8.25 Å². The number of hydrogen-bond donors (Lipinski definition) is 2. The van der Waals surface area contributed by atoms with Crippen LogP contribution in [0.1, 0.15) is 0 Å². The van der Waals surface area contributed by atoms with Crippen molar-refractivity contribution in [2.75, 3.05) is 5.73 Å². The number of halogens is 1. The van der Waals surface area contributed by atoms with E-state index in [9.17, 15) is 0 Å². The molecule has 2 nitrogen and oxygen atoms in total. The molecule has 0 bridgehead atoms.